The van der Waals surface area contributed by atoms with Crippen LogP contribution >= 0.6 is 0 Å². The van der Waals surface area contributed by atoms with Gasteiger partial charge in [-0.2, -0.15) is 10.2 Å². The summed E-state index contributed by atoms with van der Waals surface area (Å²) in [6.07, 6.45) is 8.54. The summed E-state index contributed by atoms with van der Waals surface area (Å²) in [5.74, 6) is 0.855. The Morgan fingerprint density at radius 2 is 2.17 bits per heavy atom. The SMILES string of the molecule is COCCCn1ccc(NCc2cn(C)nc2-c2cccnc2)n1. The molecule has 7 heteroatoms. The first-order valence-electron chi connectivity index (χ1n) is 7.95. The third kappa shape index (κ3) is 3.99. The van der Waals surface area contributed by atoms with E-state index in [1.165, 1.54) is 0 Å². The average Bonchev–Trinajstić information content (AvgIpc) is 3.20. The fourth-order valence-electron chi connectivity index (χ4n) is 2.55. The van der Waals surface area contributed by atoms with Crippen molar-refractivity contribution in [3.8, 4) is 11.3 Å². The van der Waals surface area contributed by atoms with E-state index in [0.717, 1.165) is 42.2 Å². The molecule has 3 heterocycles. The van der Waals surface area contributed by atoms with E-state index in [1.54, 1.807) is 13.3 Å². The quantitative estimate of drug-likeness (QED) is 0.643. The average molecular weight is 326 g/mol. The van der Waals surface area contributed by atoms with Crippen LogP contribution in [0, 0.1) is 0 Å². The van der Waals surface area contributed by atoms with Crippen molar-refractivity contribution < 1.29 is 4.74 Å². The summed E-state index contributed by atoms with van der Waals surface area (Å²) in [5.41, 5.74) is 3.07. The van der Waals surface area contributed by atoms with E-state index in [0.29, 0.717) is 6.54 Å². The molecule has 0 saturated carbocycles. The van der Waals surface area contributed by atoms with Crippen molar-refractivity contribution in [3.63, 3.8) is 0 Å². The number of hydrogen-bond donors (Lipinski definition) is 1. The minimum atomic E-state index is 0.660. The first kappa shape index (κ1) is 16.2. The Morgan fingerprint density at radius 3 is 2.96 bits per heavy atom. The third-order valence-corrected chi connectivity index (χ3v) is 3.68. The smallest absolute Gasteiger partial charge is 0.148 e. The normalized spacial score (nSPS) is 10.9. The molecule has 0 amide bonds. The minimum Gasteiger partial charge on any atom is -0.385 e. The summed E-state index contributed by atoms with van der Waals surface area (Å²) < 4.78 is 8.81. The lowest BCUT2D eigenvalue weighted by Crippen LogP contribution is -2.04. The number of aryl methyl sites for hydroxylation is 2. The first-order valence-corrected chi connectivity index (χ1v) is 7.95. The zero-order valence-corrected chi connectivity index (χ0v) is 14.0. The van der Waals surface area contributed by atoms with Crippen molar-refractivity contribution in [2.75, 3.05) is 19.0 Å². The summed E-state index contributed by atoms with van der Waals surface area (Å²) in [4.78, 5) is 4.17. The van der Waals surface area contributed by atoms with Gasteiger partial charge >= 0.3 is 0 Å². The number of hydrogen-bond acceptors (Lipinski definition) is 5. The summed E-state index contributed by atoms with van der Waals surface area (Å²) in [6, 6.07) is 5.92. The summed E-state index contributed by atoms with van der Waals surface area (Å²) >= 11 is 0. The summed E-state index contributed by atoms with van der Waals surface area (Å²) in [5, 5.41) is 12.4. The Balaban J connectivity index is 1.65. The van der Waals surface area contributed by atoms with Crippen LogP contribution < -0.4 is 5.32 Å². The van der Waals surface area contributed by atoms with Gasteiger partial charge in [0.2, 0.25) is 0 Å². The van der Waals surface area contributed by atoms with Gasteiger partial charge < -0.3 is 10.1 Å². The number of methoxy groups -OCH3 is 1. The second-order valence-corrected chi connectivity index (χ2v) is 5.58. The monoisotopic (exact) mass is 326 g/mol. The van der Waals surface area contributed by atoms with E-state index < -0.39 is 0 Å². The number of anilines is 1. The summed E-state index contributed by atoms with van der Waals surface area (Å²) in [6.45, 7) is 2.25. The number of nitrogens with zero attached hydrogens (tertiary/aromatic N) is 5. The maximum Gasteiger partial charge on any atom is 0.148 e. The Hall–Kier alpha value is -2.67. The van der Waals surface area contributed by atoms with E-state index in [4.69, 9.17) is 4.74 Å². The topological polar surface area (TPSA) is 69.8 Å². The maximum atomic E-state index is 5.06. The van der Waals surface area contributed by atoms with Gasteiger partial charge in [-0.3, -0.25) is 14.3 Å². The summed E-state index contributed by atoms with van der Waals surface area (Å²) in [7, 11) is 3.64. The van der Waals surface area contributed by atoms with Crippen molar-refractivity contribution in [3.05, 3.63) is 48.5 Å². The Labute approximate surface area is 141 Å². The molecule has 0 saturated heterocycles. The molecule has 0 radical (unpaired) electrons. The highest BCUT2D eigenvalue weighted by Crippen LogP contribution is 2.21. The molecule has 126 valence electrons. The standard InChI is InChI=1S/C17H22N6O/c1-22-13-15(17(21-22)14-5-3-7-18-11-14)12-19-16-6-9-23(20-16)8-4-10-24-2/h3,5-7,9,11,13H,4,8,10,12H2,1-2H3,(H,19,20). The Kier molecular flexibility index (Phi) is 5.22. The maximum absolute atomic E-state index is 5.06. The van der Waals surface area contributed by atoms with Crippen LogP contribution in [0.1, 0.15) is 12.0 Å². The minimum absolute atomic E-state index is 0.660. The zero-order valence-electron chi connectivity index (χ0n) is 14.0. The Bertz CT molecular complexity index is 764. The van der Waals surface area contributed by atoms with Crippen LogP contribution in [-0.2, 0) is 24.9 Å². The van der Waals surface area contributed by atoms with Crippen molar-refractivity contribution in [1.82, 2.24) is 24.5 Å². The predicted molar refractivity (Wildman–Crippen MR) is 92.5 cm³/mol. The molecule has 3 aromatic heterocycles. The molecule has 24 heavy (non-hydrogen) atoms. The molecule has 0 aliphatic carbocycles. The van der Waals surface area contributed by atoms with Gasteiger partial charge in [0.05, 0.1) is 5.69 Å². The van der Waals surface area contributed by atoms with Gasteiger partial charge in [0, 0.05) is 75.8 Å². The molecule has 0 atom stereocenters. The van der Waals surface area contributed by atoms with Gasteiger partial charge in [-0.15, -0.1) is 0 Å². The second-order valence-electron chi connectivity index (χ2n) is 5.58. The van der Waals surface area contributed by atoms with E-state index in [-0.39, 0.29) is 0 Å². The largest absolute Gasteiger partial charge is 0.385 e. The van der Waals surface area contributed by atoms with E-state index in [2.05, 4.69) is 20.5 Å². The van der Waals surface area contributed by atoms with Crippen LogP contribution in [0.5, 0.6) is 0 Å². The lowest BCUT2D eigenvalue weighted by Gasteiger charge is -2.04. The van der Waals surface area contributed by atoms with Gasteiger partial charge in [-0.05, 0) is 18.6 Å². The van der Waals surface area contributed by atoms with Gasteiger partial charge in [-0.1, -0.05) is 0 Å². The Morgan fingerprint density at radius 1 is 1.25 bits per heavy atom. The third-order valence-electron chi connectivity index (χ3n) is 3.68. The number of ether oxygens (including phenoxy) is 1. The highest BCUT2D eigenvalue weighted by molar-refractivity contribution is 5.62. The first-order chi connectivity index (χ1) is 11.8. The number of rotatable bonds is 8. The fourth-order valence-corrected chi connectivity index (χ4v) is 2.55. The number of nitrogens with one attached hydrogen (secondary N) is 1. The van der Waals surface area contributed by atoms with Crippen molar-refractivity contribution in [2.45, 2.75) is 19.5 Å². The lowest BCUT2D eigenvalue weighted by atomic mass is 10.1. The highest BCUT2D eigenvalue weighted by Gasteiger charge is 2.10. The molecule has 7 nitrogen and oxygen atoms in total. The molecule has 0 aliphatic heterocycles. The molecule has 3 rings (SSSR count). The molecular weight excluding hydrogens is 304 g/mol. The molecule has 0 aromatic carbocycles. The van der Waals surface area contributed by atoms with Gasteiger partial charge in [0.25, 0.3) is 0 Å². The lowest BCUT2D eigenvalue weighted by molar-refractivity contribution is 0.189. The van der Waals surface area contributed by atoms with Crippen molar-refractivity contribution >= 4 is 5.82 Å². The molecular formula is C17H22N6O. The van der Waals surface area contributed by atoms with E-state index >= 15 is 0 Å². The van der Waals surface area contributed by atoms with E-state index in [1.807, 2.05) is 53.2 Å². The fraction of sp³-hybridized carbons (Fsp3) is 0.353. The molecule has 0 fully saturated rings. The van der Waals surface area contributed by atoms with Crippen LogP contribution in [-0.4, -0.2) is 38.3 Å². The molecule has 3 aromatic rings. The molecule has 1 N–H and O–H groups in total. The molecule has 0 unspecified atom stereocenters. The number of pyridine rings is 1. The van der Waals surface area contributed by atoms with Crippen molar-refractivity contribution in [2.24, 2.45) is 7.05 Å². The predicted octanol–water partition coefficient (Wildman–Crippen LogP) is 2.33. The van der Waals surface area contributed by atoms with Gasteiger partial charge in [0.15, 0.2) is 0 Å². The molecule has 0 bridgehead atoms. The second kappa shape index (κ2) is 7.74. The highest BCUT2D eigenvalue weighted by atomic mass is 16.5. The van der Waals surface area contributed by atoms with Crippen LogP contribution in [0.3, 0.4) is 0 Å². The van der Waals surface area contributed by atoms with Crippen LogP contribution in [0.4, 0.5) is 5.82 Å². The van der Waals surface area contributed by atoms with Gasteiger partial charge in [-0.25, -0.2) is 0 Å². The van der Waals surface area contributed by atoms with Crippen LogP contribution in [0.25, 0.3) is 11.3 Å². The van der Waals surface area contributed by atoms with Crippen LogP contribution in [0.15, 0.2) is 43.0 Å². The molecule has 0 aliphatic rings. The van der Waals surface area contributed by atoms with Crippen molar-refractivity contribution in [1.29, 1.82) is 0 Å². The molecule has 0 spiro atoms. The van der Waals surface area contributed by atoms with E-state index in [9.17, 15) is 0 Å². The van der Waals surface area contributed by atoms with Gasteiger partial charge in [0.1, 0.15) is 5.82 Å². The van der Waals surface area contributed by atoms with Crippen LogP contribution in [0.2, 0.25) is 0 Å². The zero-order chi connectivity index (χ0) is 16.8. The number of aromatic nitrogens is 5.